The van der Waals surface area contributed by atoms with Gasteiger partial charge in [0.1, 0.15) is 0 Å². The number of piperidine rings is 1. The Bertz CT molecular complexity index is 996. The number of hydrogen-bond donors (Lipinski definition) is 1. The first-order chi connectivity index (χ1) is 14.3. The van der Waals surface area contributed by atoms with Crippen molar-refractivity contribution in [1.82, 2.24) is 9.62 Å². The van der Waals surface area contributed by atoms with E-state index in [0.29, 0.717) is 18.7 Å². The van der Waals surface area contributed by atoms with Crippen molar-refractivity contribution in [2.24, 2.45) is 0 Å². The van der Waals surface area contributed by atoms with Crippen LogP contribution in [0.15, 0.2) is 40.6 Å². The standard InChI is InChI=1S/C21H26N2O5S2/c1-15-8-9-16(30(26,27)23-10-4-3-5-11-23)13-17(15)21(25)22-18(14-20(24)28-2)19-7-6-12-29-19/h6-9,12-13,18H,3-5,10-11,14H2,1-2H3,(H,22,25). The highest BCUT2D eigenvalue weighted by molar-refractivity contribution is 7.89. The molecule has 9 heteroatoms. The molecule has 1 aromatic carbocycles. The maximum Gasteiger partial charge on any atom is 0.307 e. The number of sulfonamides is 1. The average Bonchev–Trinajstić information content (AvgIpc) is 3.28. The van der Waals surface area contributed by atoms with Gasteiger partial charge in [0.05, 0.1) is 24.5 Å². The molecule has 2 aromatic rings. The molecule has 0 bridgehead atoms. The van der Waals surface area contributed by atoms with Crippen molar-refractivity contribution in [3.8, 4) is 0 Å². The highest BCUT2D eigenvalue weighted by Gasteiger charge is 2.28. The van der Waals surface area contributed by atoms with Crippen molar-refractivity contribution in [3.63, 3.8) is 0 Å². The first-order valence-electron chi connectivity index (χ1n) is 9.85. The molecule has 1 aromatic heterocycles. The number of carbonyl (C=O) groups excluding carboxylic acids is 2. The smallest absolute Gasteiger partial charge is 0.307 e. The second-order valence-corrected chi connectivity index (χ2v) is 10.2. The van der Waals surface area contributed by atoms with Crippen LogP contribution in [-0.4, -0.2) is 44.8 Å². The number of amides is 1. The van der Waals surface area contributed by atoms with E-state index in [1.807, 2.05) is 17.5 Å². The predicted octanol–water partition coefficient (Wildman–Crippen LogP) is 3.27. The number of hydrogen-bond acceptors (Lipinski definition) is 6. The minimum absolute atomic E-state index is 0.00638. The summed E-state index contributed by atoms with van der Waals surface area (Å²) >= 11 is 1.43. The Morgan fingerprint density at radius 2 is 1.93 bits per heavy atom. The number of nitrogens with one attached hydrogen (secondary N) is 1. The average molecular weight is 451 g/mol. The lowest BCUT2D eigenvalue weighted by Gasteiger charge is -2.26. The lowest BCUT2D eigenvalue weighted by atomic mass is 10.1. The summed E-state index contributed by atoms with van der Waals surface area (Å²) < 4.78 is 32.2. The van der Waals surface area contributed by atoms with Crippen LogP contribution in [0.1, 0.15) is 52.5 Å². The van der Waals surface area contributed by atoms with Gasteiger partial charge >= 0.3 is 5.97 Å². The maximum atomic E-state index is 13.0. The zero-order valence-corrected chi connectivity index (χ0v) is 18.7. The van der Waals surface area contributed by atoms with E-state index < -0.39 is 27.9 Å². The van der Waals surface area contributed by atoms with Crippen LogP contribution in [0, 0.1) is 6.92 Å². The molecule has 0 spiro atoms. The second-order valence-electron chi connectivity index (χ2n) is 7.26. The Kier molecular flexibility index (Phi) is 7.27. The number of benzene rings is 1. The molecular formula is C21H26N2O5S2. The Balaban J connectivity index is 1.86. The summed E-state index contributed by atoms with van der Waals surface area (Å²) in [6.45, 7) is 2.75. The van der Waals surface area contributed by atoms with E-state index in [2.05, 4.69) is 5.32 Å². The molecule has 2 heterocycles. The van der Waals surface area contributed by atoms with E-state index in [1.54, 1.807) is 19.1 Å². The second kappa shape index (κ2) is 9.72. The van der Waals surface area contributed by atoms with Gasteiger partial charge in [-0.3, -0.25) is 9.59 Å². The number of thiophene rings is 1. The summed E-state index contributed by atoms with van der Waals surface area (Å²) in [5.74, 6) is -0.864. The van der Waals surface area contributed by atoms with Crippen LogP contribution in [0.4, 0.5) is 0 Å². The van der Waals surface area contributed by atoms with Gasteiger partial charge in [-0.2, -0.15) is 4.31 Å². The molecule has 0 aliphatic carbocycles. The summed E-state index contributed by atoms with van der Waals surface area (Å²) in [6, 6.07) is 7.74. The molecule has 1 fully saturated rings. The molecule has 1 atom stereocenters. The lowest BCUT2D eigenvalue weighted by molar-refractivity contribution is -0.141. The number of rotatable bonds is 7. The summed E-state index contributed by atoms with van der Waals surface area (Å²) in [5, 5.41) is 4.73. The Hall–Kier alpha value is -2.23. The summed E-state index contributed by atoms with van der Waals surface area (Å²) in [7, 11) is -2.35. The Labute approximate surface area is 181 Å². The third-order valence-corrected chi connectivity index (χ3v) is 8.08. The van der Waals surface area contributed by atoms with Gasteiger partial charge in [0.25, 0.3) is 5.91 Å². The van der Waals surface area contributed by atoms with Gasteiger partial charge in [-0.25, -0.2) is 8.42 Å². The minimum atomic E-state index is -3.65. The van der Waals surface area contributed by atoms with E-state index in [4.69, 9.17) is 4.74 Å². The zero-order valence-electron chi connectivity index (χ0n) is 17.1. The van der Waals surface area contributed by atoms with Crippen LogP contribution in [-0.2, 0) is 19.6 Å². The van der Waals surface area contributed by atoms with Crippen molar-refractivity contribution in [2.45, 2.75) is 43.5 Å². The van der Waals surface area contributed by atoms with Crippen molar-refractivity contribution in [3.05, 3.63) is 51.7 Å². The van der Waals surface area contributed by atoms with Crippen molar-refractivity contribution < 1.29 is 22.7 Å². The van der Waals surface area contributed by atoms with Gasteiger partial charge in [0.2, 0.25) is 10.0 Å². The van der Waals surface area contributed by atoms with Crippen molar-refractivity contribution in [1.29, 1.82) is 0 Å². The van der Waals surface area contributed by atoms with E-state index in [1.165, 1.54) is 28.8 Å². The largest absolute Gasteiger partial charge is 0.469 e. The van der Waals surface area contributed by atoms with Crippen LogP contribution in [0.2, 0.25) is 0 Å². The molecule has 7 nitrogen and oxygen atoms in total. The molecule has 162 valence electrons. The van der Waals surface area contributed by atoms with Crippen LogP contribution in [0.3, 0.4) is 0 Å². The summed E-state index contributed by atoms with van der Waals surface area (Å²) in [4.78, 5) is 25.8. The molecule has 0 saturated carbocycles. The van der Waals surface area contributed by atoms with Gasteiger partial charge < -0.3 is 10.1 Å². The normalized spacial score (nSPS) is 16.1. The fourth-order valence-corrected chi connectivity index (χ4v) is 5.78. The van der Waals surface area contributed by atoms with Crippen LogP contribution >= 0.6 is 11.3 Å². The van der Waals surface area contributed by atoms with Gasteiger partial charge in [0, 0.05) is 23.5 Å². The van der Waals surface area contributed by atoms with Crippen LogP contribution in [0.25, 0.3) is 0 Å². The molecule has 1 unspecified atom stereocenters. The van der Waals surface area contributed by atoms with Crippen LogP contribution in [0.5, 0.6) is 0 Å². The molecule has 1 aliphatic heterocycles. The fraction of sp³-hybridized carbons (Fsp3) is 0.429. The van der Waals surface area contributed by atoms with Crippen molar-refractivity contribution in [2.75, 3.05) is 20.2 Å². The first kappa shape index (κ1) is 22.5. The number of carbonyl (C=O) groups is 2. The Morgan fingerprint density at radius 1 is 1.20 bits per heavy atom. The number of methoxy groups -OCH3 is 1. The molecule has 1 amide bonds. The van der Waals surface area contributed by atoms with Gasteiger partial charge in [-0.1, -0.05) is 18.6 Å². The van der Waals surface area contributed by atoms with E-state index >= 15 is 0 Å². The van der Waals surface area contributed by atoms with E-state index in [-0.39, 0.29) is 16.9 Å². The number of ether oxygens (including phenoxy) is 1. The Morgan fingerprint density at radius 3 is 2.57 bits per heavy atom. The van der Waals surface area contributed by atoms with E-state index in [0.717, 1.165) is 24.1 Å². The van der Waals surface area contributed by atoms with Crippen LogP contribution < -0.4 is 5.32 Å². The highest BCUT2D eigenvalue weighted by Crippen LogP contribution is 2.25. The van der Waals surface area contributed by atoms with Gasteiger partial charge in [-0.05, 0) is 48.9 Å². The first-order valence-corrected chi connectivity index (χ1v) is 12.2. The lowest BCUT2D eigenvalue weighted by Crippen LogP contribution is -2.36. The predicted molar refractivity (Wildman–Crippen MR) is 115 cm³/mol. The molecule has 1 N–H and O–H groups in total. The number of aryl methyl sites for hydroxylation is 1. The number of nitrogens with zero attached hydrogens (tertiary/aromatic N) is 1. The van der Waals surface area contributed by atoms with Crippen molar-refractivity contribution >= 4 is 33.2 Å². The molecule has 1 saturated heterocycles. The van der Waals surface area contributed by atoms with Gasteiger partial charge in [0.15, 0.2) is 0 Å². The monoisotopic (exact) mass is 450 g/mol. The molecule has 0 radical (unpaired) electrons. The molecular weight excluding hydrogens is 424 g/mol. The third kappa shape index (κ3) is 5.08. The highest BCUT2D eigenvalue weighted by atomic mass is 32.2. The fourth-order valence-electron chi connectivity index (χ4n) is 3.46. The van der Waals surface area contributed by atoms with Gasteiger partial charge in [-0.15, -0.1) is 11.3 Å². The zero-order chi connectivity index (χ0) is 21.7. The van der Waals surface area contributed by atoms with E-state index in [9.17, 15) is 18.0 Å². The third-order valence-electron chi connectivity index (χ3n) is 5.20. The molecule has 30 heavy (non-hydrogen) atoms. The topological polar surface area (TPSA) is 92.8 Å². The maximum absolute atomic E-state index is 13.0. The SMILES string of the molecule is COC(=O)CC(NC(=O)c1cc(S(=O)(=O)N2CCCCC2)ccc1C)c1cccs1. The summed E-state index contributed by atoms with van der Waals surface area (Å²) in [5.41, 5.74) is 0.938. The summed E-state index contributed by atoms with van der Waals surface area (Å²) in [6.07, 6.45) is 2.70. The number of esters is 1. The molecule has 3 rings (SSSR count). The molecule has 1 aliphatic rings. The quantitative estimate of drug-likeness (QED) is 0.654. The minimum Gasteiger partial charge on any atom is -0.469 e.